The number of hydrogen-bond acceptors (Lipinski definition) is 4. The Labute approximate surface area is 197 Å². The molecule has 0 spiro atoms. The molecule has 2 aromatic rings. The summed E-state index contributed by atoms with van der Waals surface area (Å²) >= 11 is 0. The quantitative estimate of drug-likeness (QED) is 0.223. The van der Waals surface area contributed by atoms with Crippen molar-refractivity contribution in [1.29, 1.82) is 0 Å². The van der Waals surface area contributed by atoms with Crippen LogP contribution in [0.3, 0.4) is 0 Å². The van der Waals surface area contributed by atoms with Crippen LogP contribution in [-0.4, -0.2) is 11.8 Å². The molecule has 2 aromatic carbocycles. The van der Waals surface area contributed by atoms with Crippen LogP contribution in [0.25, 0.3) is 0 Å². The van der Waals surface area contributed by atoms with E-state index in [-0.39, 0.29) is 11.8 Å². The number of benzene rings is 2. The Balaban J connectivity index is 2.19. The van der Waals surface area contributed by atoms with E-state index in [1.54, 1.807) is 30.4 Å². The molecule has 4 nitrogen and oxygen atoms in total. The number of carbonyl (C=O) groups is 2. The highest BCUT2D eigenvalue weighted by atomic mass is 33.1. The van der Waals surface area contributed by atoms with Gasteiger partial charge in [0.25, 0.3) is 11.8 Å². The summed E-state index contributed by atoms with van der Waals surface area (Å²) in [4.78, 5) is 26.6. The molecular weight excluding hydrogens is 436 g/mol. The van der Waals surface area contributed by atoms with Gasteiger partial charge in [-0.25, -0.2) is 0 Å². The molecule has 2 rings (SSSR count). The summed E-state index contributed by atoms with van der Waals surface area (Å²) in [7, 11) is 2.83. The van der Waals surface area contributed by atoms with Gasteiger partial charge in [-0.1, -0.05) is 103 Å². The topological polar surface area (TPSA) is 58.2 Å². The van der Waals surface area contributed by atoms with E-state index in [4.69, 9.17) is 0 Å². The second kappa shape index (κ2) is 13.0. The molecule has 0 aliphatic heterocycles. The maximum atomic E-state index is 12.5. The molecule has 0 aromatic heterocycles. The van der Waals surface area contributed by atoms with Crippen LogP contribution >= 0.6 is 21.6 Å². The first-order valence-electron chi connectivity index (χ1n) is 9.59. The molecule has 2 N–H and O–H groups in total. The minimum atomic E-state index is -0.324. The lowest BCUT2D eigenvalue weighted by molar-refractivity contribution is -0.116. The maximum Gasteiger partial charge on any atom is 0.255 e. The van der Waals surface area contributed by atoms with Gasteiger partial charge in [-0.05, 0) is 30.3 Å². The molecule has 162 valence electrons. The second-order valence-electron chi connectivity index (χ2n) is 6.19. The average Bonchev–Trinajstić information content (AvgIpc) is 2.83. The summed E-state index contributed by atoms with van der Waals surface area (Å²) in [6, 6.07) is 16.5. The fourth-order valence-corrected chi connectivity index (χ4v) is 4.74. The molecule has 0 saturated heterocycles. The standard InChI is InChI=1S/C26H24N2O2S2/c1-5-14-19(6-2)25(29)27-21(7-3)23(8-4)31-32-24-18-13-12-17-22(24)28-26(30)20-15-10-9-11-16-20/h5-18H,1-4H2,(H,27,29)(H,28,30)/b19-14+,23-21-. The number of nitrogens with one attached hydrogen (secondary N) is 2. The fraction of sp³-hybridized carbons (Fsp3) is 0. The van der Waals surface area contributed by atoms with Gasteiger partial charge in [-0.15, -0.1) is 0 Å². The van der Waals surface area contributed by atoms with E-state index in [2.05, 4.69) is 36.9 Å². The van der Waals surface area contributed by atoms with E-state index in [0.717, 1.165) is 4.90 Å². The summed E-state index contributed by atoms with van der Waals surface area (Å²) in [5.41, 5.74) is 2.17. The smallest absolute Gasteiger partial charge is 0.255 e. The number of allylic oxidation sites excluding steroid dienone is 4. The summed E-state index contributed by atoms with van der Waals surface area (Å²) in [5, 5.41) is 5.77. The minimum absolute atomic E-state index is 0.187. The van der Waals surface area contributed by atoms with Gasteiger partial charge in [0.05, 0.1) is 11.4 Å². The Morgan fingerprint density at radius 2 is 1.53 bits per heavy atom. The zero-order valence-corrected chi connectivity index (χ0v) is 19.2. The predicted molar refractivity (Wildman–Crippen MR) is 138 cm³/mol. The minimum Gasteiger partial charge on any atom is -0.321 e. The van der Waals surface area contributed by atoms with Crippen molar-refractivity contribution >= 4 is 39.1 Å². The zero-order valence-electron chi connectivity index (χ0n) is 17.5. The molecule has 0 aliphatic rings. The van der Waals surface area contributed by atoms with E-state index < -0.39 is 0 Å². The number of amides is 2. The van der Waals surface area contributed by atoms with Crippen LogP contribution < -0.4 is 10.6 Å². The first-order chi connectivity index (χ1) is 15.5. The van der Waals surface area contributed by atoms with E-state index in [1.165, 1.54) is 33.7 Å². The molecule has 0 bridgehead atoms. The molecule has 0 radical (unpaired) electrons. The predicted octanol–water partition coefficient (Wildman–Crippen LogP) is 6.68. The lowest BCUT2D eigenvalue weighted by atomic mass is 10.2. The summed E-state index contributed by atoms with van der Waals surface area (Å²) in [5.74, 6) is -0.511. The molecule has 0 fully saturated rings. The van der Waals surface area contributed by atoms with Crippen LogP contribution in [-0.2, 0) is 4.79 Å². The van der Waals surface area contributed by atoms with Crippen LogP contribution in [0.15, 0.2) is 132 Å². The van der Waals surface area contributed by atoms with Gasteiger partial charge in [0, 0.05) is 20.9 Å². The summed E-state index contributed by atoms with van der Waals surface area (Å²) < 4.78 is 0. The monoisotopic (exact) mass is 460 g/mol. The third-order valence-corrected chi connectivity index (χ3v) is 6.59. The van der Waals surface area contributed by atoms with Gasteiger partial charge in [0.15, 0.2) is 0 Å². The van der Waals surface area contributed by atoms with Gasteiger partial charge in [-0.3, -0.25) is 9.59 Å². The van der Waals surface area contributed by atoms with Crippen molar-refractivity contribution in [2.45, 2.75) is 4.90 Å². The number of para-hydroxylation sites is 1. The number of anilines is 1. The molecule has 0 aliphatic carbocycles. The van der Waals surface area contributed by atoms with Crippen LogP contribution in [0.1, 0.15) is 10.4 Å². The lowest BCUT2D eigenvalue weighted by Gasteiger charge is -2.13. The fourth-order valence-electron chi connectivity index (χ4n) is 2.48. The van der Waals surface area contributed by atoms with Crippen molar-refractivity contribution < 1.29 is 9.59 Å². The Morgan fingerprint density at radius 3 is 2.16 bits per heavy atom. The van der Waals surface area contributed by atoms with Crippen LogP contribution in [0.5, 0.6) is 0 Å². The van der Waals surface area contributed by atoms with Crippen molar-refractivity contribution in [1.82, 2.24) is 5.32 Å². The molecule has 0 unspecified atom stereocenters. The normalized spacial score (nSPS) is 11.6. The van der Waals surface area contributed by atoms with E-state index >= 15 is 0 Å². The number of rotatable bonds is 11. The molecule has 32 heavy (non-hydrogen) atoms. The average molecular weight is 461 g/mol. The van der Waals surface area contributed by atoms with Crippen molar-refractivity contribution in [2.75, 3.05) is 5.32 Å². The Kier molecular flexibility index (Phi) is 10.1. The van der Waals surface area contributed by atoms with Gasteiger partial charge in [0.1, 0.15) is 0 Å². The SMILES string of the molecule is C=C/C=C(\C=C)C(=O)N/C(C=C)=C(/C=C)SSc1ccccc1NC(=O)c1ccccc1. The molecule has 0 atom stereocenters. The number of carbonyl (C=O) groups excluding carboxylic acids is 2. The van der Waals surface area contributed by atoms with E-state index in [9.17, 15) is 9.59 Å². The summed E-state index contributed by atoms with van der Waals surface area (Å²) in [6.07, 6.45) is 7.75. The Morgan fingerprint density at radius 1 is 0.844 bits per heavy atom. The van der Waals surface area contributed by atoms with Crippen LogP contribution in [0.2, 0.25) is 0 Å². The highest BCUT2D eigenvalue weighted by Gasteiger charge is 2.13. The van der Waals surface area contributed by atoms with E-state index in [1.807, 2.05) is 42.5 Å². The van der Waals surface area contributed by atoms with Gasteiger partial charge < -0.3 is 10.6 Å². The highest BCUT2D eigenvalue weighted by molar-refractivity contribution is 8.78. The highest BCUT2D eigenvalue weighted by Crippen LogP contribution is 2.41. The van der Waals surface area contributed by atoms with Crippen molar-refractivity contribution in [3.05, 3.63) is 133 Å². The van der Waals surface area contributed by atoms with Gasteiger partial charge >= 0.3 is 0 Å². The maximum absolute atomic E-state index is 12.5. The zero-order chi connectivity index (χ0) is 23.3. The largest absolute Gasteiger partial charge is 0.321 e. The third-order valence-electron chi connectivity index (χ3n) is 4.08. The van der Waals surface area contributed by atoms with Gasteiger partial charge in [-0.2, -0.15) is 0 Å². The Bertz CT molecular complexity index is 1090. The van der Waals surface area contributed by atoms with Crippen molar-refractivity contribution in [3.8, 4) is 0 Å². The van der Waals surface area contributed by atoms with Gasteiger partial charge in [0.2, 0.25) is 0 Å². The lowest BCUT2D eigenvalue weighted by Crippen LogP contribution is -2.23. The first-order valence-corrected chi connectivity index (χ1v) is 11.7. The van der Waals surface area contributed by atoms with E-state index in [0.29, 0.717) is 27.4 Å². The van der Waals surface area contributed by atoms with Crippen LogP contribution in [0.4, 0.5) is 5.69 Å². The molecule has 2 amide bonds. The first kappa shape index (κ1) is 24.8. The van der Waals surface area contributed by atoms with Crippen molar-refractivity contribution in [3.63, 3.8) is 0 Å². The molecule has 0 saturated carbocycles. The second-order valence-corrected chi connectivity index (χ2v) is 8.40. The molecule has 0 heterocycles. The Hall–Kier alpha value is -3.48. The van der Waals surface area contributed by atoms with Crippen LogP contribution in [0, 0.1) is 0 Å². The third kappa shape index (κ3) is 7.04. The molecular formula is C26H24N2O2S2. The van der Waals surface area contributed by atoms with Crippen molar-refractivity contribution in [2.24, 2.45) is 0 Å². The molecule has 6 heteroatoms. The number of hydrogen-bond donors (Lipinski definition) is 2. The summed E-state index contributed by atoms with van der Waals surface area (Å²) in [6.45, 7) is 14.9.